The number of carboxylic acids is 1. The van der Waals surface area contributed by atoms with Gasteiger partial charge in [0.05, 0.1) is 0 Å². The van der Waals surface area contributed by atoms with Crippen LogP contribution in [0.1, 0.15) is 0 Å². The molecule has 1 unspecified atom stereocenters. The summed E-state index contributed by atoms with van der Waals surface area (Å²) in [4.78, 5) is 10.1. The van der Waals surface area contributed by atoms with E-state index in [9.17, 15) is 4.79 Å². The van der Waals surface area contributed by atoms with Gasteiger partial charge in [-0.3, -0.25) is 0 Å². The van der Waals surface area contributed by atoms with Crippen molar-refractivity contribution in [2.45, 2.75) is 4.18 Å². The predicted octanol–water partition coefficient (Wildman–Crippen LogP) is -0.191. The molecule has 1 rings (SSSR count). The Morgan fingerprint density at radius 2 is 2.75 bits per heavy atom. The van der Waals surface area contributed by atoms with Gasteiger partial charge in [0.15, 0.2) is 0 Å². The van der Waals surface area contributed by atoms with Gasteiger partial charge in [0.2, 0.25) is 0 Å². The Morgan fingerprint density at radius 3 is 3.00 bits per heavy atom. The zero-order valence-electron chi connectivity index (χ0n) is 4.24. The van der Waals surface area contributed by atoms with E-state index in [0.717, 1.165) is 4.18 Å². The summed E-state index contributed by atoms with van der Waals surface area (Å²) in [5.41, 5.74) is 0. The maximum atomic E-state index is 10.1. The molecule has 3 nitrogen and oxygen atoms in total. The fourth-order valence-electron chi connectivity index (χ4n) is 0.565. The summed E-state index contributed by atoms with van der Waals surface area (Å²) in [6, 6.07) is 0. The van der Waals surface area contributed by atoms with Crippen LogP contribution in [0.2, 0.25) is 4.18 Å². The molecule has 0 aliphatic carbocycles. The van der Waals surface area contributed by atoms with Gasteiger partial charge >= 0.3 is 58.4 Å². The van der Waals surface area contributed by atoms with Gasteiger partial charge in [-0.25, -0.2) is 0 Å². The van der Waals surface area contributed by atoms with Crippen molar-refractivity contribution in [2.75, 3.05) is 0 Å². The van der Waals surface area contributed by atoms with Gasteiger partial charge < -0.3 is 0 Å². The van der Waals surface area contributed by atoms with Crippen LogP contribution in [-0.4, -0.2) is 40.5 Å². The van der Waals surface area contributed by atoms with E-state index in [1.807, 2.05) is 0 Å². The molecule has 1 N–H and O–H groups in total. The van der Waals surface area contributed by atoms with Crippen molar-refractivity contribution >= 4 is 35.4 Å². The number of aliphatic carboxylic acids is 1. The van der Waals surface area contributed by atoms with Gasteiger partial charge in [-0.1, -0.05) is 0 Å². The Bertz CT molecular complexity index is 134. The number of carboxylic acid groups (broad SMARTS) is 1. The molecule has 0 saturated heterocycles. The van der Waals surface area contributed by atoms with Crippen molar-refractivity contribution < 1.29 is 9.90 Å². The monoisotopic (exact) mass is 214 g/mol. The van der Waals surface area contributed by atoms with E-state index in [1.165, 1.54) is 0 Å². The molecule has 0 aromatic carbocycles. The zero-order chi connectivity index (χ0) is 5.98. The second-order valence-electron chi connectivity index (χ2n) is 1.66. The molecule has 4 heteroatoms. The van der Waals surface area contributed by atoms with Crippen LogP contribution in [0, 0.1) is 5.92 Å². The Labute approximate surface area is 58.6 Å². The number of nitrogens with zero attached hydrogens (tertiary/aromatic N) is 1. The van der Waals surface area contributed by atoms with Crippen molar-refractivity contribution in [2.24, 2.45) is 8.90 Å². The van der Waals surface area contributed by atoms with E-state index < -0.39 is 29.2 Å². The standard InChI is InChI=1S/C4H5NO2.In/c1-3(2-5)4(6)7;/h2-3H,1H2,(H,6,7);/q-1;+1. The van der Waals surface area contributed by atoms with Gasteiger partial charge in [0.25, 0.3) is 0 Å². The molecule has 1 heterocycles. The van der Waals surface area contributed by atoms with Crippen molar-refractivity contribution in [1.29, 1.82) is 0 Å². The zero-order valence-corrected chi connectivity index (χ0v) is 7.54. The SMILES string of the molecule is O=C(O)C1C=[N][In][CH2]1. The maximum absolute atomic E-state index is 10.1. The molecule has 1 aliphatic heterocycles. The summed E-state index contributed by atoms with van der Waals surface area (Å²) < 4.78 is 4.84. The van der Waals surface area contributed by atoms with Gasteiger partial charge in [-0.15, -0.1) is 0 Å². The minimum atomic E-state index is -0.740. The van der Waals surface area contributed by atoms with E-state index in [2.05, 4.69) is 2.98 Å². The third kappa shape index (κ3) is 1.24. The van der Waals surface area contributed by atoms with Crippen molar-refractivity contribution in [1.82, 2.24) is 0 Å². The van der Waals surface area contributed by atoms with Gasteiger partial charge in [-0.05, 0) is 0 Å². The second kappa shape index (κ2) is 2.53. The second-order valence-corrected chi connectivity index (χ2v) is 4.90. The third-order valence-electron chi connectivity index (χ3n) is 1.05. The molecule has 0 spiro atoms. The number of hydrogen-bond acceptors (Lipinski definition) is 2. The Kier molecular flexibility index (Phi) is 1.94. The molecule has 0 fully saturated rings. The fraction of sp³-hybridized carbons (Fsp3) is 0.500. The molecule has 1 radical (unpaired) electrons. The van der Waals surface area contributed by atoms with Crippen LogP contribution in [0.15, 0.2) is 2.98 Å². The first-order valence-electron chi connectivity index (χ1n) is 2.38. The Hall–Kier alpha value is 0.0101. The molecule has 0 bridgehead atoms. The summed E-state index contributed by atoms with van der Waals surface area (Å²) >= 11 is -0.740. The van der Waals surface area contributed by atoms with Gasteiger partial charge in [0.1, 0.15) is 0 Å². The summed E-state index contributed by atoms with van der Waals surface area (Å²) in [6.45, 7) is 0. The molecule has 0 aromatic heterocycles. The molecular weight excluding hydrogens is 209 g/mol. The average molecular weight is 214 g/mol. The van der Waals surface area contributed by atoms with Crippen molar-refractivity contribution in [3.8, 4) is 0 Å². The summed E-state index contributed by atoms with van der Waals surface area (Å²) in [6.07, 6.45) is 1.59. The van der Waals surface area contributed by atoms with Crippen LogP contribution in [0.25, 0.3) is 0 Å². The van der Waals surface area contributed by atoms with Crippen LogP contribution < -0.4 is 0 Å². The van der Waals surface area contributed by atoms with E-state index in [4.69, 9.17) is 5.11 Å². The first-order valence-corrected chi connectivity index (χ1v) is 6.19. The first-order chi connectivity index (χ1) is 3.80. The van der Waals surface area contributed by atoms with E-state index >= 15 is 0 Å². The topological polar surface area (TPSA) is 49.7 Å². The van der Waals surface area contributed by atoms with Crippen LogP contribution in [0.5, 0.6) is 0 Å². The molecule has 41 valence electrons. The molecule has 1 aliphatic rings. The predicted molar refractivity (Wildman–Crippen MR) is 30.2 cm³/mol. The van der Waals surface area contributed by atoms with Crippen molar-refractivity contribution in [3.05, 3.63) is 0 Å². The summed E-state index contributed by atoms with van der Waals surface area (Å²) in [5.74, 6) is -0.936. The van der Waals surface area contributed by atoms with Crippen LogP contribution in [0.4, 0.5) is 0 Å². The van der Waals surface area contributed by atoms with Gasteiger partial charge in [-0.2, -0.15) is 0 Å². The van der Waals surface area contributed by atoms with Crippen LogP contribution >= 0.6 is 0 Å². The average Bonchev–Trinajstić information content (AvgIpc) is 2.12. The van der Waals surface area contributed by atoms with E-state index in [-0.39, 0.29) is 5.92 Å². The third-order valence-corrected chi connectivity index (χ3v) is 4.19. The minimum absolute atomic E-state index is 0.226. The van der Waals surface area contributed by atoms with E-state index in [0.29, 0.717) is 0 Å². The van der Waals surface area contributed by atoms with E-state index in [1.54, 1.807) is 6.21 Å². The van der Waals surface area contributed by atoms with Gasteiger partial charge in [0, 0.05) is 0 Å². The fourth-order valence-corrected chi connectivity index (χ4v) is 3.42. The number of carbonyl (C=O) groups is 1. The first kappa shape index (κ1) is 6.13. The normalized spacial score (nSPS) is 25.2. The number of hydrogen-bond donors (Lipinski definition) is 1. The molecular formula is C4H5InNO2. The molecule has 8 heavy (non-hydrogen) atoms. The Balaban J connectivity index is 2.48. The van der Waals surface area contributed by atoms with Crippen LogP contribution in [-0.2, 0) is 4.79 Å². The quantitative estimate of drug-likeness (QED) is 0.657. The summed E-state index contributed by atoms with van der Waals surface area (Å²) in [5, 5.41) is 8.35. The molecule has 0 saturated carbocycles. The van der Waals surface area contributed by atoms with Crippen LogP contribution in [0.3, 0.4) is 0 Å². The molecule has 0 amide bonds. The Morgan fingerprint density at radius 1 is 2.00 bits per heavy atom. The molecule has 0 aromatic rings. The van der Waals surface area contributed by atoms with Crippen molar-refractivity contribution in [3.63, 3.8) is 0 Å². The summed E-state index contributed by atoms with van der Waals surface area (Å²) in [7, 11) is 0. The number of rotatable bonds is 1. The molecule has 1 atom stereocenters.